The fourth-order valence-electron chi connectivity index (χ4n) is 4.07. The molecule has 11 heteroatoms. The predicted octanol–water partition coefficient (Wildman–Crippen LogP) is 2.43. The standard InChI is InChI=1S/C23H32F3N3O5/c24-23(25,26)15-27-13-5-4-9-17(20(30)29-14-6-10-19(29)22(33)34)28-18(21(31)32)12-11-16-7-2-1-3-8-16/h1-3,7-8,17-19,27-28H,4-6,9-15H2,(H,31,32)(H,33,34)/t17-,18-,19-/m0/s1. The van der Waals surface area contributed by atoms with E-state index in [-0.39, 0.29) is 25.9 Å². The van der Waals surface area contributed by atoms with E-state index in [1.54, 1.807) is 0 Å². The molecule has 0 aromatic heterocycles. The van der Waals surface area contributed by atoms with Gasteiger partial charge in [-0.25, -0.2) is 4.79 Å². The van der Waals surface area contributed by atoms with Gasteiger partial charge in [-0.3, -0.25) is 14.9 Å². The molecule has 0 unspecified atom stereocenters. The van der Waals surface area contributed by atoms with Crippen molar-refractivity contribution >= 4 is 17.8 Å². The summed E-state index contributed by atoms with van der Waals surface area (Å²) in [6, 6.07) is 6.34. The summed E-state index contributed by atoms with van der Waals surface area (Å²) in [4.78, 5) is 37.9. The maximum Gasteiger partial charge on any atom is 0.401 e. The summed E-state index contributed by atoms with van der Waals surface area (Å²) in [5, 5.41) is 24.3. The number of carboxylic acid groups (broad SMARTS) is 2. The molecule has 1 fully saturated rings. The van der Waals surface area contributed by atoms with E-state index in [0.717, 1.165) is 5.56 Å². The Hall–Kier alpha value is -2.66. The Morgan fingerprint density at radius 3 is 2.38 bits per heavy atom. The lowest BCUT2D eigenvalue weighted by Gasteiger charge is -2.29. The van der Waals surface area contributed by atoms with E-state index in [9.17, 15) is 37.8 Å². The minimum atomic E-state index is -4.31. The van der Waals surface area contributed by atoms with E-state index in [2.05, 4.69) is 10.6 Å². The molecule has 0 saturated carbocycles. The Labute approximate surface area is 196 Å². The van der Waals surface area contributed by atoms with Gasteiger partial charge in [0.25, 0.3) is 0 Å². The molecule has 1 saturated heterocycles. The monoisotopic (exact) mass is 487 g/mol. The van der Waals surface area contributed by atoms with Crippen LogP contribution in [0.1, 0.15) is 44.1 Å². The number of aryl methyl sites for hydroxylation is 1. The molecule has 1 aliphatic heterocycles. The van der Waals surface area contributed by atoms with Crippen LogP contribution in [0.4, 0.5) is 13.2 Å². The molecular weight excluding hydrogens is 455 g/mol. The Morgan fingerprint density at radius 2 is 1.76 bits per heavy atom. The van der Waals surface area contributed by atoms with Gasteiger partial charge in [0.05, 0.1) is 12.6 Å². The van der Waals surface area contributed by atoms with Gasteiger partial charge in [0.2, 0.25) is 5.91 Å². The molecule has 1 aliphatic rings. The van der Waals surface area contributed by atoms with E-state index >= 15 is 0 Å². The first kappa shape index (κ1) is 27.6. The van der Waals surface area contributed by atoms with Crippen molar-refractivity contribution in [1.82, 2.24) is 15.5 Å². The van der Waals surface area contributed by atoms with Gasteiger partial charge in [0.15, 0.2) is 0 Å². The van der Waals surface area contributed by atoms with Gasteiger partial charge in [0, 0.05) is 6.54 Å². The second-order valence-electron chi connectivity index (χ2n) is 8.45. The van der Waals surface area contributed by atoms with Crippen molar-refractivity contribution in [3.05, 3.63) is 35.9 Å². The highest BCUT2D eigenvalue weighted by Gasteiger charge is 2.38. The molecule has 0 spiro atoms. The number of carbonyl (C=O) groups is 3. The SMILES string of the molecule is O=C(O)[C@H](CCc1ccccc1)N[C@@H](CCCCNCC(F)(F)F)C(=O)N1CCC[C@H]1C(=O)O. The van der Waals surface area contributed by atoms with Crippen LogP contribution in [0.15, 0.2) is 30.3 Å². The zero-order chi connectivity index (χ0) is 25.1. The highest BCUT2D eigenvalue weighted by Crippen LogP contribution is 2.20. The third kappa shape index (κ3) is 9.30. The maximum absolute atomic E-state index is 13.2. The van der Waals surface area contributed by atoms with E-state index < -0.39 is 48.7 Å². The largest absolute Gasteiger partial charge is 0.480 e. The van der Waals surface area contributed by atoms with Gasteiger partial charge in [0.1, 0.15) is 12.1 Å². The average Bonchev–Trinajstić information content (AvgIpc) is 3.27. The number of halogens is 3. The number of nitrogens with one attached hydrogen (secondary N) is 2. The van der Waals surface area contributed by atoms with E-state index in [1.165, 1.54) is 4.90 Å². The molecule has 8 nitrogen and oxygen atoms in total. The summed E-state index contributed by atoms with van der Waals surface area (Å²) in [5.41, 5.74) is 0.944. The van der Waals surface area contributed by atoms with Crippen LogP contribution in [-0.4, -0.2) is 76.9 Å². The second-order valence-corrected chi connectivity index (χ2v) is 8.45. The Balaban J connectivity index is 2.02. The summed E-state index contributed by atoms with van der Waals surface area (Å²) in [5.74, 6) is -2.73. The van der Waals surface area contributed by atoms with Crippen LogP contribution >= 0.6 is 0 Å². The minimum Gasteiger partial charge on any atom is -0.480 e. The van der Waals surface area contributed by atoms with Gasteiger partial charge >= 0.3 is 18.1 Å². The minimum absolute atomic E-state index is 0.0955. The molecule has 0 aliphatic carbocycles. The summed E-state index contributed by atoms with van der Waals surface area (Å²) in [6.45, 7) is -0.747. The molecular formula is C23H32F3N3O5. The lowest BCUT2D eigenvalue weighted by molar-refractivity contribution is -0.149. The van der Waals surface area contributed by atoms with E-state index in [1.807, 2.05) is 30.3 Å². The van der Waals surface area contributed by atoms with Gasteiger partial charge in [-0.15, -0.1) is 0 Å². The number of aliphatic carboxylic acids is 2. The van der Waals surface area contributed by atoms with Crippen LogP contribution in [0.25, 0.3) is 0 Å². The molecule has 3 atom stereocenters. The smallest absolute Gasteiger partial charge is 0.401 e. The van der Waals surface area contributed by atoms with Crippen LogP contribution in [-0.2, 0) is 20.8 Å². The van der Waals surface area contributed by atoms with Gasteiger partial charge in [-0.2, -0.15) is 13.2 Å². The Kier molecular flexibility index (Phi) is 10.8. The van der Waals surface area contributed by atoms with Crippen LogP contribution < -0.4 is 10.6 Å². The number of nitrogens with zero attached hydrogens (tertiary/aromatic N) is 1. The lowest BCUT2D eigenvalue weighted by atomic mass is 10.0. The first-order valence-electron chi connectivity index (χ1n) is 11.4. The lowest BCUT2D eigenvalue weighted by Crippen LogP contribution is -2.54. The van der Waals surface area contributed by atoms with Crippen LogP contribution in [0.3, 0.4) is 0 Å². The number of amides is 1. The molecule has 0 bridgehead atoms. The van der Waals surface area contributed by atoms with Crippen LogP contribution in [0.5, 0.6) is 0 Å². The van der Waals surface area contributed by atoms with Crippen LogP contribution in [0, 0.1) is 0 Å². The molecule has 190 valence electrons. The van der Waals surface area contributed by atoms with Crippen molar-refractivity contribution in [3.8, 4) is 0 Å². The number of benzene rings is 1. The predicted molar refractivity (Wildman–Crippen MR) is 118 cm³/mol. The first-order chi connectivity index (χ1) is 16.1. The maximum atomic E-state index is 13.2. The topological polar surface area (TPSA) is 119 Å². The van der Waals surface area contributed by atoms with Crippen molar-refractivity contribution in [2.75, 3.05) is 19.6 Å². The van der Waals surface area contributed by atoms with Crippen molar-refractivity contribution < 1.29 is 37.8 Å². The van der Waals surface area contributed by atoms with Crippen molar-refractivity contribution in [3.63, 3.8) is 0 Å². The first-order valence-corrected chi connectivity index (χ1v) is 11.4. The molecule has 1 aromatic rings. The summed E-state index contributed by atoms with van der Waals surface area (Å²) in [6.07, 6.45) is -1.86. The fourth-order valence-corrected chi connectivity index (χ4v) is 4.07. The number of carbonyl (C=O) groups excluding carboxylic acids is 1. The number of unbranched alkanes of at least 4 members (excludes halogenated alkanes) is 1. The fraction of sp³-hybridized carbons (Fsp3) is 0.609. The van der Waals surface area contributed by atoms with Crippen molar-refractivity contribution in [2.45, 2.75) is 69.2 Å². The molecule has 2 rings (SSSR count). The summed E-state index contributed by atoms with van der Waals surface area (Å²) in [7, 11) is 0. The average molecular weight is 488 g/mol. The van der Waals surface area contributed by atoms with Gasteiger partial charge in [-0.05, 0) is 50.6 Å². The quantitative estimate of drug-likeness (QED) is 0.298. The normalized spacial score (nSPS) is 18.0. The van der Waals surface area contributed by atoms with Crippen LogP contribution in [0.2, 0.25) is 0 Å². The Morgan fingerprint density at radius 1 is 1.06 bits per heavy atom. The van der Waals surface area contributed by atoms with Gasteiger partial charge in [-0.1, -0.05) is 36.8 Å². The van der Waals surface area contributed by atoms with Gasteiger partial charge < -0.3 is 20.4 Å². The number of rotatable bonds is 14. The highest BCUT2D eigenvalue weighted by molar-refractivity contribution is 5.88. The van der Waals surface area contributed by atoms with Crippen molar-refractivity contribution in [2.24, 2.45) is 0 Å². The molecule has 1 heterocycles. The van der Waals surface area contributed by atoms with E-state index in [0.29, 0.717) is 32.1 Å². The van der Waals surface area contributed by atoms with Crippen molar-refractivity contribution in [1.29, 1.82) is 0 Å². The Bertz CT molecular complexity index is 807. The molecule has 4 N–H and O–H groups in total. The number of likely N-dealkylation sites (tertiary alicyclic amines) is 1. The molecule has 0 radical (unpaired) electrons. The number of alkyl halides is 3. The third-order valence-electron chi connectivity index (χ3n) is 5.81. The number of hydrogen-bond acceptors (Lipinski definition) is 5. The van der Waals surface area contributed by atoms with E-state index in [4.69, 9.17) is 0 Å². The number of hydrogen-bond donors (Lipinski definition) is 4. The highest BCUT2D eigenvalue weighted by atomic mass is 19.4. The molecule has 1 aromatic carbocycles. The number of carboxylic acids is 2. The third-order valence-corrected chi connectivity index (χ3v) is 5.81. The summed E-state index contributed by atoms with van der Waals surface area (Å²) < 4.78 is 36.8. The zero-order valence-corrected chi connectivity index (χ0v) is 18.9. The second kappa shape index (κ2) is 13.3. The molecule has 34 heavy (non-hydrogen) atoms. The summed E-state index contributed by atoms with van der Waals surface area (Å²) >= 11 is 0. The zero-order valence-electron chi connectivity index (χ0n) is 18.9. The molecule has 1 amide bonds.